The van der Waals surface area contributed by atoms with Gasteiger partial charge in [0.1, 0.15) is 5.83 Å². The number of aliphatic imine (C=N–C) groups is 1. The summed E-state index contributed by atoms with van der Waals surface area (Å²) in [7, 11) is 0. The molecule has 0 aromatic carbocycles. The van der Waals surface area contributed by atoms with Crippen molar-refractivity contribution in [2.45, 2.75) is 18.9 Å². The van der Waals surface area contributed by atoms with E-state index in [1.54, 1.807) is 6.92 Å². The Bertz CT molecular complexity index is 304. The van der Waals surface area contributed by atoms with Gasteiger partial charge in [-0.2, -0.15) is 4.99 Å². The lowest BCUT2D eigenvalue weighted by atomic mass is 9.94. The van der Waals surface area contributed by atoms with Crippen molar-refractivity contribution in [2.24, 2.45) is 4.99 Å². The smallest absolute Gasteiger partial charge is 0.211 e. The number of nitrogens with zero attached hydrogens (tertiary/aromatic N) is 1. The van der Waals surface area contributed by atoms with Crippen molar-refractivity contribution >= 4 is 17.7 Å². The zero-order valence-electron chi connectivity index (χ0n) is 6.47. The molecule has 0 heterocycles. The molecule has 12 heavy (non-hydrogen) atoms. The van der Waals surface area contributed by atoms with Crippen LogP contribution in [0.25, 0.3) is 0 Å². The van der Waals surface area contributed by atoms with Crippen LogP contribution in [0.15, 0.2) is 28.0 Å². The first-order valence-electron chi connectivity index (χ1n) is 3.40. The first-order valence-corrected chi connectivity index (χ1v) is 3.78. The molecule has 1 unspecified atom stereocenters. The maximum atomic E-state index is 12.7. The van der Waals surface area contributed by atoms with Gasteiger partial charge in [0.2, 0.25) is 6.08 Å². The van der Waals surface area contributed by atoms with Crippen LogP contribution in [0.5, 0.6) is 0 Å². The van der Waals surface area contributed by atoms with Gasteiger partial charge in [-0.05, 0) is 13.0 Å². The summed E-state index contributed by atoms with van der Waals surface area (Å²) in [5, 5.41) is 0.0963. The maximum Gasteiger partial charge on any atom is 0.235 e. The molecule has 1 aliphatic rings. The molecule has 64 valence electrons. The van der Waals surface area contributed by atoms with Crippen molar-refractivity contribution in [2.75, 3.05) is 0 Å². The van der Waals surface area contributed by atoms with E-state index in [-0.39, 0.29) is 11.5 Å². The molecule has 0 saturated carbocycles. The maximum absolute atomic E-state index is 12.7. The summed E-state index contributed by atoms with van der Waals surface area (Å²) < 4.78 is 12.7. The summed E-state index contributed by atoms with van der Waals surface area (Å²) in [5.41, 5.74) is -0.728. The number of hydrogen-bond donors (Lipinski definition) is 0. The van der Waals surface area contributed by atoms with Crippen LogP contribution in [0.3, 0.4) is 0 Å². The zero-order valence-corrected chi connectivity index (χ0v) is 7.23. The minimum atomic E-state index is -0.728. The lowest BCUT2D eigenvalue weighted by Crippen LogP contribution is -2.20. The molecule has 0 saturated heterocycles. The Kier molecular flexibility index (Phi) is 2.46. The van der Waals surface area contributed by atoms with Crippen LogP contribution in [-0.4, -0.2) is 11.6 Å². The monoisotopic (exact) mass is 187 g/mol. The highest BCUT2D eigenvalue weighted by atomic mass is 35.5. The summed E-state index contributed by atoms with van der Waals surface area (Å²) >= 11 is 5.55. The van der Waals surface area contributed by atoms with Gasteiger partial charge in [0, 0.05) is 6.42 Å². The molecule has 0 aromatic rings. The average molecular weight is 188 g/mol. The zero-order chi connectivity index (χ0) is 9.19. The Morgan fingerprint density at radius 1 is 1.83 bits per heavy atom. The van der Waals surface area contributed by atoms with Gasteiger partial charge >= 0.3 is 0 Å². The summed E-state index contributed by atoms with van der Waals surface area (Å²) in [6, 6.07) is 0. The number of hydrogen-bond acceptors (Lipinski definition) is 2. The SMILES string of the molecule is CC1(N=C=O)C=CC(F)=C(Cl)C1. The lowest BCUT2D eigenvalue weighted by molar-refractivity contribution is 0.526. The fourth-order valence-corrected chi connectivity index (χ4v) is 1.32. The largest absolute Gasteiger partial charge is 0.235 e. The molecule has 0 aliphatic heterocycles. The van der Waals surface area contributed by atoms with Crippen molar-refractivity contribution in [3.8, 4) is 0 Å². The summed E-state index contributed by atoms with van der Waals surface area (Å²) in [5.74, 6) is -0.463. The van der Waals surface area contributed by atoms with E-state index in [2.05, 4.69) is 4.99 Å². The second-order valence-corrected chi connectivity index (χ2v) is 3.28. The van der Waals surface area contributed by atoms with Crippen LogP contribution in [0.1, 0.15) is 13.3 Å². The topological polar surface area (TPSA) is 29.4 Å². The van der Waals surface area contributed by atoms with Gasteiger partial charge in [0.15, 0.2) is 0 Å². The van der Waals surface area contributed by atoms with Crippen LogP contribution >= 0.6 is 11.6 Å². The molecule has 0 N–H and O–H groups in total. The van der Waals surface area contributed by atoms with E-state index in [0.29, 0.717) is 0 Å². The third-order valence-electron chi connectivity index (χ3n) is 1.66. The Morgan fingerprint density at radius 2 is 2.50 bits per heavy atom. The van der Waals surface area contributed by atoms with Crippen molar-refractivity contribution in [1.29, 1.82) is 0 Å². The van der Waals surface area contributed by atoms with Crippen LogP contribution in [-0.2, 0) is 4.79 Å². The Morgan fingerprint density at radius 3 is 3.00 bits per heavy atom. The van der Waals surface area contributed by atoms with E-state index < -0.39 is 11.4 Å². The molecule has 1 rings (SSSR count). The molecular weight excluding hydrogens is 181 g/mol. The van der Waals surface area contributed by atoms with Crippen molar-refractivity contribution in [3.63, 3.8) is 0 Å². The van der Waals surface area contributed by atoms with Crippen molar-refractivity contribution < 1.29 is 9.18 Å². The van der Waals surface area contributed by atoms with Crippen LogP contribution in [0, 0.1) is 0 Å². The number of rotatable bonds is 1. The number of isocyanates is 1. The van der Waals surface area contributed by atoms with Gasteiger partial charge in [-0.1, -0.05) is 17.7 Å². The molecule has 0 radical (unpaired) electrons. The summed E-state index contributed by atoms with van der Waals surface area (Å²) in [6.45, 7) is 1.68. The Balaban J connectivity index is 2.93. The summed E-state index contributed by atoms with van der Waals surface area (Å²) in [6.07, 6.45) is 4.36. The van der Waals surface area contributed by atoms with Gasteiger partial charge in [-0.15, -0.1) is 0 Å². The van der Waals surface area contributed by atoms with Gasteiger partial charge in [-0.3, -0.25) is 0 Å². The Hall–Kier alpha value is -0.920. The van der Waals surface area contributed by atoms with Crippen LogP contribution in [0.4, 0.5) is 4.39 Å². The minimum Gasteiger partial charge on any atom is -0.211 e. The first kappa shape index (κ1) is 9.17. The van der Waals surface area contributed by atoms with E-state index >= 15 is 0 Å². The molecule has 0 aromatic heterocycles. The Labute approximate surface area is 74.4 Å². The highest BCUT2D eigenvalue weighted by molar-refractivity contribution is 6.30. The number of halogens is 2. The highest BCUT2D eigenvalue weighted by Crippen LogP contribution is 2.32. The minimum absolute atomic E-state index is 0.0963. The van der Waals surface area contributed by atoms with E-state index in [0.717, 1.165) is 0 Å². The number of carbonyl (C=O) groups excluding carboxylic acids is 1. The van der Waals surface area contributed by atoms with Crippen molar-refractivity contribution in [3.05, 3.63) is 23.0 Å². The number of allylic oxidation sites excluding steroid dienone is 2. The van der Waals surface area contributed by atoms with E-state index in [1.165, 1.54) is 18.2 Å². The predicted octanol–water partition coefficient (Wildman–Crippen LogP) is 2.46. The second-order valence-electron chi connectivity index (χ2n) is 2.82. The lowest BCUT2D eigenvalue weighted by Gasteiger charge is -2.21. The van der Waals surface area contributed by atoms with Gasteiger partial charge < -0.3 is 0 Å². The molecular formula is C8H7ClFNO. The van der Waals surface area contributed by atoms with E-state index in [9.17, 15) is 9.18 Å². The van der Waals surface area contributed by atoms with Crippen LogP contribution in [0.2, 0.25) is 0 Å². The standard InChI is InChI=1S/C8H7ClFNO/c1-8(11-5-12)3-2-7(10)6(9)4-8/h2-3H,4H2,1H3. The van der Waals surface area contributed by atoms with E-state index in [1.807, 2.05) is 0 Å². The van der Waals surface area contributed by atoms with E-state index in [4.69, 9.17) is 11.6 Å². The highest BCUT2D eigenvalue weighted by Gasteiger charge is 2.26. The molecule has 4 heteroatoms. The molecule has 0 amide bonds. The first-order chi connectivity index (χ1) is 5.57. The molecule has 1 aliphatic carbocycles. The second kappa shape index (κ2) is 3.21. The van der Waals surface area contributed by atoms with Gasteiger partial charge in [-0.25, -0.2) is 9.18 Å². The molecule has 0 bridgehead atoms. The van der Waals surface area contributed by atoms with Crippen molar-refractivity contribution in [1.82, 2.24) is 0 Å². The third-order valence-corrected chi connectivity index (χ3v) is 1.98. The molecule has 1 atom stereocenters. The molecule has 0 fully saturated rings. The average Bonchev–Trinajstić information content (AvgIpc) is 1.98. The summed E-state index contributed by atoms with van der Waals surface area (Å²) in [4.78, 5) is 13.5. The van der Waals surface area contributed by atoms with Gasteiger partial charge in [0.05, 0.1) is 10.6 Å². The van der Waals surface area contributed by atoms with Gasteiger partial charge in [0.25, 0.3) is 0 Å². The quantitative estimate of drug-likeness (QED) is 0.458. The normalized spacial score (nSPS) is 28.6. The fraction of sp³-hybridized carbons (Fsp3) is 0.375. The van der Waals surface area contributed by atoms with Crippen LogP contribution < -0.4 is 0 Å². The third kappa shape index (κ3) is 1.81. The predicted molar refractivity (Wildman–Crippen MR) is 44.3 cm³/mol. The molecule has 2 nitrogen and oxygen atoms in total. The molecule has 0 spiro atoms. The fourth-order valence-electron chi connectivity index (χ4n) is 0.982.